The lowest BCUT2D eigenvalue weighted by atomic mass is 10.3. The third-order valence-electron chi connectivity index (χ3n) is 1.81. The first kappa shape index (κ1) is 17.9. The van der Waals surface area contributed by atoms with E-state index in [2.05, 4.69) is 0 Å². The average molecular weight is 322 g/mol. The van der Waals surface area contributed by atoms with Crippen LogP contribution < -0.4 is 5.73 Å². The highest BCUT2D eigenvalue weighted by Gasteiger charge is 2.05. The minimum atomic E-state index is -1.81. The maximum Gasteiger partial charge on any atom is 0.154 e. The van der Waals surface area contributed by atoms with Crippen molar-refractivity contribution in [3.63, 3.8) is 0 Å². The van der Waals surface area contributed by atoms with Gasteiger partial charge in [0.05, 0.1) is 5.75 Å². The Bertz CT molecular complexity index is 242. The van der Waals surface area contributed by atoms with Gasteiger partial charge in [0.1, 0.15) is 0 Å². The molecule has 0 amide bonds. The van der Waals surface area contributed by atoms with Gasteiger partial charge in [-0.1, -0.05) is 21.6 Å². The second kappa shape index (κ2) is 11.9. The molecule has 0 aromatic rings. The molecule has 0 aromatic carbocycles. The van der Waals surface area contributed by atoms with Crippen molar-refractivity contribution in [1.82, 2.24) is 0 Å². The summed E-state index contributed by atoms with van der Waals surface area (Å²) in [6.07, 6.45) is 2.42. The first-order chi connectivity index (χ1) is 8.02. The van der Waals surface area contributed by atoms with Crippen LogP contribution in [-0.2, 0) is 22.2 Å². The SMILES string of the molecule is N[C@@H](CCSSCCCCS(=O)O)CS(=O)O. The molecule has 0 saturated carbocycles. The summed E-state index contributed by atoms with van der Waals surface area (Å²) in [5.41, 5.74) is 5.63. The molecule has 0 rings (SSSR count). The molecule has 0 heterocycles. The van der Waals surface area contributed by atoms with Gasteiger partial charge >= 0.3 is 0 Å². The van der Waals surface area contributed by atoms with Gasteiger partial charge in [-0.3, -0.25) is 0 Å². The fourth-order valence-corrected chi connectivity index (χ4v) is 4.26. The topological polar surface area (TPSA) is 101 Å². The van der Waals surface area contributed by atoms with Gasteiger partial charge in [0.25, 0.3) is 0 Å². The standard InChI is InChI=1S/C8H19NO4S4/c9-8(7-17(12)13)3-5-15-14-4-1-2-6-16(10)11/h8H,1-7,9H2,(H,10,11)(H,12,13)/t8-/m0/s1. The van der Waals surface area contributed by atoms with Crippen LogP contribution >= 0.6 is 21.6 Å². The Balaban J connectivity index is 3.18. The first-order valence-corrected chi connectivity index (χ1v) is 10.2. The van der Waals surface area contributed by atoms with Gasteiger partial charge in [-0.25, -0.2) is 8.42 Å². The van der Waals surface area contributed by atoms with E-state index in [1.54, 1.807) is 21.6 Å². The molecule has 2 unspecified atom stereocenters. The molecular formula is C8H19NO4S4. The van der Waals surface area contributed by atoms with E-state index in [1.807, 2.05) is 0 Å². The van der Waals surface area contributed by atoms with Gasteiger partial charge in [-0.05, 0) is 19.3 Å². The second-order valence-electron chi connectivity index (χ2n) is 3.41. The van der Waals surface area contributed by atoms with Crippen molar-refractivity contribution in [3.05, 3.63) is 0 Å². The van der Waals surface area contributed by atoms with Gasteiger partial charge in [0, 0.05) is 23.3 Å². The average Bonchev–Trinajstić information content (AvgIpc) is 2.20. The molecule has 0 aliphatic heterocycles. The summed E-state index contributed by atoms with van der Waals surface area (Å²) in [7, 11) is 3.39. The third kappa shape index (κ3) is 14.8. The summed E-state index contributed by atoms with van der Waals surface area (Å²) < 4.78 is 37.9. The lowest BCUT2D eigenvalue weighted by molar-refractivity contribution is 0.553. The van der Waals surface area contributed by atoms with Crippen molar-refractivity contribution in [2.75, 3.05) is 23.0 Å². The van der Waals surface area contributed by atoms with E-state index in [9.17, 15) is 8.42 Å². The van der Waals surface area contributed by atoms with Crippen LogP contribution in [0.1, 0.15) is 19.3 Å². The maximum atomic E-state index is 10.4. The van der Waals surface area contributed by atoms with Crippen molar-refractivity contribution < 1.29 is 17.5 Å². The molecule has 0 saturated heterocycles. The van der Waals surface area contributed by atoms with Gasteiger partial charge in [-0.2, -0.15) is 0 Å². The number of unbranched alkanes of at least 4 members (excludes halogenated alkanes) is 1. The summed E-state index contributed by atoms with van der Waals surface area (Å²) >= 11 is -3.48. The molecule has 4 N–H and O–H groups in total. The van der Waals surface area contributed by atoms with E-state index in [1.165, 1.54) is 0 Å². The van der Waals surface area contributed by atoms with Crippen molar-refractivity contribution >= 4 is 43.7 Å². The van der Waals surface area contributed by atoms with Crippen molar-refractivity contribution in [1.29, 1.82) is 0 Å². The van der Waals surface area contributed by atoms with Crippen LogP contribution in [0.15, 0.2) is 0 Å². The molecule has 17 heavy (non-hydrogen) atoms. The minimum absolute atomic E-state index is 0.132. The summed E-state index contributed by atoms with van der Waals surface area (Å²) in [5.74, 6) is 2.28. The van der Waals surface area contributed by atoms with E-state index < -0.39 is 22.2 Å². The van der Waals surface area contributed by atoms with Crippen LogP contribution in [0.4, 0.5) is 0 Å². The van der Waals surface area contributed by atoms with E-state index in [0.717, 1.165) is 30.8 Å². The Hall–Kier alpha value is 0.880. The molecule has 5 nitrogen and oxygen atoms in total. The first-order valence-electron chi connectivity index (χ1n) is 5.17. The number of rotatable bonds is 11. The highest BCUT2D eigenvalue weighted by atomic mass is 33.1. The molecule has 0 aliphatic rings. The quantitative estimate of drug-likeness (QED) is 0.300. The van der Waals surface area contributed by atoms with Crippen LogP contribution in [0.3, 0.4) is 0 Å². The number of hydrogen-bond donors (Lipinski definition) is 3. The van der Waals surface area contributed by atoms with E-state index in [0.29, 0.717) is 5.75 Å². The molecule has 3 atom stereocenters. The Morgan fingerprint density at radius 3 is 2.29 bits per heavy atom. The summed E-state index contributed by atoms with van der Waals surface area (Å²) in [5, 5.41) is 0. The molecule has 0 bridgehead atoms. The van der Waals surface area contributed by atoms with Crippen molar-refractivity contribution in [3.8, 4) is 0 Å². The van der Waals surface area contributed by atoms with Gasteiger partial charge in [0.15, 0.2) is 22.2 Å². The smallest absolute Gasteiger partial charge is 0.154 e. The van der Waals surface area contributed by atoms with Gasteiger partial charge in [-0.15, -0.1) is 0 Å². The zero-order valence-corrected chi connectivity index (χ0v) is 12.7. The van der Waals surface area contributed by atoms with Gasteiger partial charge < -0.3 is 14.8 Å². The molecule has 9 heteroatoms. The number of nitrogens with two attached hydrogens (primary N) is 1. The van der Waals surface area contributed by atoms with E-state index >= 15 is 0 Å². The largest absolute Gasteiger partial charge is 0.327 e. The Kier molecular flexibility index (Phi) is 12.6. The fourth-order valence-electron chi connectivity index (χ4n) is 0.970. The Labute approximate surface area is 115 Å². The Morgan fingerprint density at radius 2 is 1.71 bits per heavy atom. The van der Waals surface area contributed by atoms with Crippen LogP contribution in [0.5, 0.6) is 0 Å². The molecule has 0 aromatic heterocycles. The molecule has 0 radical (unpaired) electrons. The highest BCUT2D eigenvalue weighted by Crippen LogP contribution is 2.23. The summed E-state index contributed by atoms with van der Waals surface area (Å²) in [4.78, 5) is 0. The lowest BCUT2D eigenvalue weighted by Crippen LogP contribution is -2.27. The predicted octanol–water partition coefficient (Wildman–Crippen LogP) is 1.31. The predicted molar refractivity (Wildman–Crippen MR) is 78.0 cm³/mol. The minimum Gasteiger partial charge on any atom is -0.327 e. The van der Waals surface area contributed by atoms with Gasteiger partial charge in [0.2, 0.25) is 0 Å². The fraction of sp³-hybridized carbons (Fsp3) is 1.00. The molecular weight excluding hydrogens is 302 g/mol. The van der Waals surface area contributed by atoms with Crippen molar-refractivity contribution in [2.24, 2.45) is 5.73 Å². The van der Waals surface area contributed by atoms with Crippen LogP contribution in [0.2, 0.25) is 0 Å². The summed E-state index contributed by atoms with van der Waals surface area (Å²) in [6, 6.07) is -0.217. The lowest BCUT2D eigenvalue weighted by Gasteiger charge is -2.07. The Morgan fingerprint density at radius 1 is 1.06 bits per heavy atom. The molecule has 0 spiro atoms. The highest BCUT2D eigenvalue weighted by molar-refractivity contribution is 8.76. The zero-order chi connectivity index (χ0) is 13.1. The molecule has 0 fully saturated rings. The molecule has 104 valence electrons. The number of hydrogen-bond acceptors (Lipinski definition) is 5. The summed E-state index contributed by atoms with van der Waals surface area (Å²) in [6.45, 7) is 0. The van der Waals surface area contributed by atoms with Crippen LogP contribution in [0, 0.1) is 0 Å². The van der Waals surface area contributed by atoms with Crippen LogP contribution in [-0.4, -0.2) is 46.6 Å². The second-order valence-corrected chi connectivity index (χ2v) is 8.14. The monoisotopic (exact) mass is 321 g/mol. The maximum absolute atomic E-state index is 10.4. The zero-order valence-electron chi connectivity index (χ0n) is 9.45. The van der Waals surface area contributed by atoms with Crippen LogP contribution in [0.25, 0.3) is 0 Å². The normalized spacial score (nSPS) is 16.6. The third-order valence-corrected chi connectivity index (χ3v) is 5.68. The van der Waals surface area contributed by atoms with E-state index in [4.69, 9.17) is 14.8 Å². The van der Waals surface area contributed by atoms with Crippen molar-refractivity contribution in [2.45, 2.75) is 25.3 Å². The molecule has 0 aliphatic carbocycles. The van der Waals surface area contributed by atoms with E-state index in [-0.39, 0.29) is 11.8 Å².